The summed E-state index contributed by atoms with van der Waals surface area (Å²) in [6.45, 7) is 0. The molecule has 0 amide bonds. The summed E-state index contributed by atoms with van der Waals surface area (Å²) in [6, 6.07) is 12.3. The number of halogens is 2. The molecule has 3 aromatic rings. The van der Waals surface area contributed by atoms with Gasteiger partial charge in [0.25, 0.3) is 0 Å². The first-order valence-electron chi connectivity index (χ1n) is 6.72. The van der Waals surface area contributed by atoms with E-state index in [-0.39, 0.29) is 6.04 Å². The minimum absolute atomic E-state index is 0.170. The Balaban J connectivity index is 1.95. The van der Waals surface area contributed by atoms with Crippen molar-refractivity contribution in [2.24, 2.45) is 0 Å². The Morgan fingerprint density at radius 1 is 1.33 bits per heavy atom. The highest BCUT2D eigenvalue weighted by atomic mass is 79.9. The van der Waals surface area contributed by atoms with E-state index < -0.39 is 0 Å². The van der Waals surface area contributed by atoms with Crippen molar-refractivity contribution in [2.45, 2.75) is 12.5 Å². The van der Waals surface area contributed by atoms with E-state index in [2.05, 4.69) is 38.5 Å². The van der Waals surface area contributed by atoms with Crippen LogP contribution in [-0.4, -0.2) is 16.7 Å². The summed E-state index contributed by atoms with van der Waals surface area (Å²) in [5, 5.41) is 8.54. The molecule has 0 radical (unpaired) electrons. The number of fused-ring (bicyclic) bond motifs is 1. The molecule has 0 aliphatic rings. The van der Waals surface area contributed by atoms with Gasteiger partial charge in [-0.25, -0.2) is 4.52 Å². The van der Waals surface area contributed by atoms with Crippen LogP contribution in [0.15, 0.2) is 53.3 Å². The molecule has 0 saturated carbocycles. The van der Waals surface area contributed by atoms with Crippen molar-refractivity contribution < 1.29 is 0 Å². The Hall–Kier alpha value is -1.36. The van der Waals surface area contributed by atoms with Crippen molar-refractivity contribution in [2.75, 3.05) is 7.05 Å². The minimum atomic E-state index is 0.170. The van der Waals surface area contributed by atoms with Gasteiger partial charge in [-0.05, 0) is 43.3 Å². The molecule has 0 saturated heterocycles. The van der Waals surface area contributed by atoms with Gasteiger partial charge in [0, 0.05) is 27.3 Å². The molecule has 0 aliphatic carbocycles. The zero-order valence-electron chi connectivity index (χ0n) is 11.6. The number of nitrogens with zero attached hydrogens (tertiary/aromatic N) is 2. The van der Waals surface area contributed by atoms with Crippen LogP contribution in [0.2, 0.25) is 5.02 Å². The third kappa shape index (κ3) is 2.98. The Morgan fingerprint density at radius 3 is 2.95 bits per heavy atom. The third-order valence-electron chi connectivity index (χ3n) is 3.62. The molecule has 0 fully saturated rings. The summed E-state index contributed by atoms with van der Waals surface area (Å²) in [5.41, 5.74) is 3.41. The van der Waals surface area contributed by atoms with Gasteiger partial charge in [0.05, 0.1) is 11.7 Å². The predicted octanol–water partition coefficient (Wildman–Crippen LogP) is 4.25. The van der Waals surface area contributed by atoms with Crippen molar-refractivity contribution in [3.05, 3.63) is 69.4 Å². The van der Waals surface area contributed by atoms with E-state index in [0.29, 0.717) is 0 Å². The largest absolute Gasteiger partial charge is 0.313 e. The topological polar surface area (TPSA) is 29.3 Å². The fourth-order valence-corrected chi connectivity index (χ4v) is 3.25. The van der Waals surface area contributed by atoms with Crippen LogP contribution >= 0.6 is 27.5 Å². The van der Waals surface area contributed by atoms with Gasteiger partial charge in [-0.1, -0.05) is 39.7 Å². The second kappa shape index (κ2) is 6.18. The molecule has 108 valence electrons. The van der Waals surface area contributed by atoms with Crippen molar-refractivity contribution in [3.8, 4) is 0 Å². The highest BCUT2D eigenvalue weighted by Crippen LogP contribution is 2.27. The molecule has 1 unspecified atom stereocenters. The monoisotopic (exact) mass is 363 g/mol. The summed E-state index contributed by atoms with van der Waals surface area (Å²) >= 11 is 9.77. The second-order valence-corrected chi connectivity index (χ2v) is 6.23. The lowest BCUT2D eigenvalue weighted by molar-refractivity contribution is 0.596. The van der Waals surface area contributed by atoms with Crippen molar-refractivity contribution in [1.82, 2.24) is 14.9 Å². The first-order valence-corrected chi connectivity index (χ1v) is 7.89. The summed E-state index contributed by atoms with van der Waals surface area (Å²) in [6.07, 6.45) is 4.69. The number of nitrogens with one attached hydrogen (secondary N) is 1. The third-order valence-corrected chi connectivity index (χ3v) is 4.46. The molecule has 0 spiro atoms. The maximum Gasteiger partial charge on any atom is 0.0709 e. The van der Waals surface area contributed by atoms with Crippen LogP contribution < -0.4 is 5.32 Å². The molecule has 5 heteroatoms. The first-order chi connectivity index (χ1) is 10.2. The SMILES string of the molecule is CNC(Cc1ccc(Br)cc1Cl)c1cnn2ccccc12. The Kier molecular flexibility index (Phi) is 4.29. The molecule has 1 atom stereocenters. The van der Waals surface area contributed by atoms with E-state index in [0.717, 1.165) is 27.0 Å². The zero-order valence-corrected chi connectivity index (χ0v) is 13.9. The van der Waals surface area contributed by atoms with Crippen molar-refractivity contribution in [3.63, 3.8) is 0 Å². The smallest absolute Gasteiger partial charge is 0.0709 e. The molecule has 3 rings (SSSR count). The normalized spacial score (nSPS) is 12.7. The molecular weight excluding hydrogens is 350 g/mol. The van der Waals surface area contributed by atoms with Gasteiger partial charge in [-0.15, -0.1) is 0 Å². The van der Waals surface area contributed by atoms with Crippen LogP contribution in [-0.2, 0) is 6.42 Å². The van der Waals surface area contributed by atoms with E-state index in [9.17, 15) is 0 Å². The maximum atomic E-state index is 6.33. The van der Waals surface area contributed by atoms with Crippen LogP contribution in [0, 0.1) is 0 Å². The number of rotatable bonds is 4. The molecule has 2 aromatic heterocycles. The Bertz CT molecular complexity index is 769. The molecular formula is C16H15BrClN3. The van der Waals surface area contributed by atoms with Crippen LogP contribution in [0.25, 0.3) is 5.52 Å². The molecule has 3 nitrogen and oxygen atoms in total. The minimum Gasteiger partial charge on any atom is -0.313 e. The van der Waals surface area contributed by atoms with Crippen LogP contribution in [0.4, 0.5) is 0 Å². The molecule has 1 N–H and O–H groups in total. The van der Waals surface area contributed by atoms with Gasteiger partial charge in [0.2, 0.25) is 0 Å². The van der Waals surface area contributed by atoms with E-state index >= 15 is 0 Å². The number of pyridine rings is 1. The molecule has 0 bridgehead atoms. The summed E-state index contributed by atoms with van der Waals surface area (Å²) in [7, 11) is 1.96. The number of hydrogen-bond donors (Lipinski definition) is 1. The lowest BCUT2D eigenvalue weighted by atomic mass is 10.00. The van der Waals surface area contributed by atoms with Crippen LogP contribution in [0.5, 0.6) is 0 Å². The maximum absolute atomic E-state index is 6.33. The standard InChI is InChI=1S/C16H15BrClN3/c1-19-15(8-11-5-6-12(17)9-14(11)18)13-10-20-21-7-3-2-4-16(13)21/h2-7,9-10,15,19H,8H2,1H3. The molecule has 1 aromatic carbocycles. The number of hydrogen-bond acceptors (Lipinski definition) is 2. The number of benzene rings is 1. The average molecular weight is 365 g/mol. The van der Waals surface area contributed by atoms with Crippen LogP contribution in [0.3, 0.4) is 0 Å². The number of likely N-dealkylation sites (N-methyl/N-ethyl adjacent to an activating group) is 1. The number of aromatic nitrogens is 2. The lowest BCUT2D eigenvalue weighted by Gasteiger charge is -2.16. The first kappa shape index (κ1) is 14.6. The Morgan fingerprint density at radius 2 is 2.19 bits per heavy atom. The fourth-order valence-electron chi connectivity index (χ4n) is 2.50. The van der Waals surface area contributed by atoms with Crippen LogP contribution in [0.1, 0.15) is 17.2 Å². The summed E-state index contributed by atoms with van der Waals surface area (Å²) in [4.78, 5) is 0. The molecule has 21 heavy (non-hydrogen) atoms. The van der Waals surface area contributed by atoms with Gasteiger partial charge >= 0.3 is 0 Å². The van der Waals surface area contributed by atoms with Gasteiger partial charge in [0.1, 0.15) is 0 Å². The molecule has 0 aliphatic heterocycles. The van der Waals surface area contributed by atoms with Gasteiger partial charge in [-0.2, -0.15) is 5.10 Å². The van der Waals surface area contributed by atoms with Gasteiger partial charge < -0.3 is 5.32 Å². The lowest BCUT2D eigenvalue weighted by Crippen LogP contribution is -2.18. The second-order valence-electron chi connectivity index (χ2n) is 4.91. The average Bonchev–Trinajstić information content (AvgIpc) is 2.91. The summed E-state index contributed by atoms with van der Waals surface area (Å²) < 4.78 is 2.89. The van der Waals surface area contributed by atoms with E-state index in [1.54, 1.807) is 0 Å². The molecule has 2 heterocycles. The Labute approximate surface area is 137 Å². The highest BCUT2D eigenvalue weighted by molar-refractivity contribution is 9.10. The van der Waals surface area contributed by atoms with Crippen molar-refractivity contribution in [1.29, 1.82) is 0 Å². The van der Waals surface area contributed by atoms with Gasteiger partial charge in [-0.3, -0.25) is 0 Å². The quantitative estimate of drug-likeness (QED) is 0.750. The highest BCUT2D eigenvalue weighted by Gasteiger charge is 2.16. The zero-order chi connectivity index (χ0) is 14.8. The van der Waals surface area contributed by atoms with E-state index in [4.69, 9.17) is 11.6 Å². The van der Waals surface area contributed by atoms with Crippen molar-refractivity contribution >= 4 is 33.0 Å². The van der Waals surface area contributed by atoms with Gasteiger partial charge in [0.15, 0.2) is 0 Å². The van der Waals surface area contributed by atoms with E-state index in [1.807, 2.05) is 48.2 Å². The fraction of sp³-hybridized carbons (Fsp3) is 0.188. The van der Waals surface area contributed by atoms with E-state index in [1.165, 1.54) is 5.56 Å². The summed E-state index contributed by atoms with van der Waals surface area (Å²) in [5.74, 6) is 0. The predicted molar refractivity (Wildman–Crippen MR) is 89.8 cm³/mol.